The molecule has 0 heterocycles. The number of aliphatic hydroxyl groups is 2. The maximum atomic E-state index is 13.0. The maximum Gasteiger partial charge on any atom is 0.163 e. The van der Waals surface area contributed by atoms with Crippen molar-refractivity contribution in [3.05, 3.63) is 52.5 Å². The molecule has 28 heavy (non-hydrogen) atoms. The van der Waals surface area contributed by atoms with Gasteiger partial charge >= 0.3 is 0 Å². The summed E-state index contributed by atoms with van der Waals surface area (Å²) < 4.78 is 0. The molecule has 3 rings (SSSR count). The Bertz CT molecular complexity index is 849. The summed E-state index contributed by atoms with van der Waals surface area (Å²) >= 11 is 0. The highest BCUT2D eigenvalue weighted by Crippen LogP contribution is 2.48. The number of benzene rings is 1. The van der Waals surface area contributed by atoms with Crippen molar-refractivity contribution >= 4 is 11.6 Å². The fourth-order valence-electron chi connectivity index (χ4n) is 4.44. The fourth-order valence-corrected chi connectivity index (χ4v) is 4.44. The minimum Gasteiger partial charge on any atom is -0.512 e. The summed E-state index contributed by atoms with van der Waals surface area (Å²) in [5.74, 6) is -1.46. The molecule has 150 valence electrons. The number of carbonyl (C=O) groups is 2. The van der Waals surface area contributed by atoms with Crippen molar-refractivity contribution in [2.24, 2.45) is 10.8 Å². The van der Waals surface area contributed by atoms with E-state index < -0.39 is 5.92 Å². The fraction of sp³-hybridized carbons (Fsp3) is 0.478. The van der Waals surface area contributed by atoms with Gasteiger partial charge in [-0.25, -0.2) is 0 Å². The van der Waals surface area contributed by atoms with Crippen LogP contribution < -0.4 is 0 Å². The summed E-state index contributed by atoms with van der Waals surface area (Å²) in [5.41, 5.74) is 0.0646. The zero-order chi connectivity index (χ0) is 20.9. The second-order valence-electron chi connectivity index (χ2n) is 9.63. The minimum absolute atomic E-state index is 0.00476. The van der Waals surface area contributed by atoms with Crippen LogP contribution in [0.1, 0.15) is 64.9 Å². The van der Waals surface area contributed by atoms with Gasteiger partial charge in [-0.15, -0.1) is 0 Å². The predicted molar refractivity (Wildman–Crippen MR) is 106 cm³/mol. The molecule has 0 spiro atoms. The van der Waals surface area contributed by atoms with E-state index in [1.807, 2.05) is 27.7 Å². The lowest BCUT2D eigenvalue weighted by molar-refractivity contribution is -0.119. The van der Waals surface area contributed by atoms with Crippen molar-refractivity contribution in [2.75, 3.05) is 0 Å². The van der Waals surface area contributed by atoms with Crippen LogP contribution in [0.15, 0.2) is 46.9 Å². The molecule has 1 aromatic carbocycles. The van der Waals surface area contributed by atoms with Gasteiger partial charge < -0.3 is 15.3 Å². The van der Waals surface area contributed by atoms with Crippen molar-refractivity contribution in [3.63, 3.8) is 0 Å². The highest BCUT2D eigenvalue weighted by molar-refractivity contribution is 6.05. The van der Waals surface area contributed by atoms with E-state index in [2.05, 4.69) is 0 Å². The first-order valence-corrected chi connectivity index (χ1v) is 9.59. The molecule has 3 N–H and O–H groups in total. The van der Waals surface area contributed by atoms with Crippen molar-refractivity contribution in [1.82, 2.24) is 0 Å². The molecule has 0 aromatic heterocycles. The van der Waals surface area contributed by atoms with Crippen LogP contribution >= 0.6 is 0 Å². The second kappa shape index (κ2) is 6.80. The van der Waals surface area contributed by atoms with E-state index in [1.165, 1.54) is 12.1 Å². The van der Waals surface area contributed by atoms with Crippen LogP contribution in [-0.2, 0) is 9.59 Å². The Morgan fingerprint density at radius 3 is 1.64 bits per heavy atom. The predicted octanol–water partition coefficient (Wildman–Crippen LogP) is 4.88. The number of rotatable bonds is 3. The van der Waals surface area contributed by atoms with E-state index >= 15 is 0 Å². The number of allylic oxidation sites excluding steroid dienone is 4. The van der Waals surface area contributed by atoms with E-state index in [-0.39, 0.29) is 63.7 Å². The molecule has 0 fully saturated rings. The van der Waals surface area contributed by atoms with Gasteiger partial charge in [-0.1, -0.05) is 39.8 Å². The van der Waals surface area contributed by atoms with Gasteiger partial charge in [0, 0.05) is 42.7 Å². The topological polar surface area (TPSA) is 94.8 Å². The molecule has 5 nitrogen and oxygen atoms in total. The Balaban J connectivity index is 2.23. The third-order valence-corrected chi connectivity index (χ3v) is 5.57. The number of phenols is 1. The Labute approximate surface area is 165 Å². The highest BCUT2D eigenvalue weighted by atomic mass is 16.3. The molecule has 0 unspecified atom stereocenters. The van der Waals surface area contributed by atoms with Crippen LogP contribution in [0.4, 0.5) is 0 Å². The van der Waals surface area contributed by atoms with Gasteiger partial charge in [0.05, 0.1) is 0 Å². The number of hydrogen-bond acceptors (Lipinski definition) is 5. The van der Waals surface area contributed by atoms with Gasteiger partial charge in [0.15, 0.2) is 11.6 Å². The summed E-state index contributed by atoms with van der Waals surface area (Å²) in [6.07, 6.45) is 1.12. The number of carbonyl (C=O) groups excluding carboxylic acids is 2. The Morgan fingerprint density at radius 1 is 0.786 bits per heavy atom. The van der Waals surface area contributed by atoms with E-state index in [9.17, 15) is 24.9 Å². The SMILES string of the molecule is CC1(C)CC(=O)C(C(C2=C(O)CC(C)(C)CC2=O)c2cccc(O)c2)=C(O)C1. The zero-order valence-electron chi connectivity index (χ0n) is 16.9. The van der Waals surface area contributed by atoms with Crippen LogP contribution in [0.5, 0.6) is 5.75 Å². The quantitative estimate of drug-likeness (QED) is 0.690. The largest absolute Gasteiger partial charge is 0.512 e. The van der Waals surface area contributed by atoms with Crippen LogP contribution in [0.2, 0.25) is 0 Å². The molecular weight excluding hydrogens is 356 g/mol. The van der Waals surface area contributed by atoms with E-state index in [0.29, 0.717) is 18.4 Å². The smallest absolute Gasteiger partial charge is 0.163 e. The molecule has 2 aliphatic rings. The first kappa shape index (κ1) is 20.2. The normalized spacial score (nSPS) is 22.2. The number of ketones is 2. The second-order valence-corrected chi connectivity index (χ2v) is 9.63. The molecule has 5 heteroatoms. The number of hydrogen-bond donors (Lipinski definition) is 3. The Morgan fingerprint density at radius 2 is 1.25 bits per heavy atom. The van der Waals surface area contributed by atoms with Crippen LogP contribution in [0.25, 0.3) is 0 Å². The van der Waals surface area contributed by atoms with Crippen molar-refractivity contribution in [1.29, 1.82) is 0 Å². The zero-order valence-corrected chi connectivity index (χ0v) is 16.9. The molecule has 0 saturated heterocycles. The van der Waals surface area contributed by atoms with Crippen molar-refractivity contribution in [2.45, 2.75) is 59.3 Å². The third kappa shape index (κ3) is 3.84. The van der Waals surface area contributed by atoms with Crippen LogP contribution in [0, 0.1) is 10.8 Å². The van der Waals surface area contributed by atoms with Crippen molar-refractivity contribution in [3.8, 4) is 5.75 Å². The number of Topliss-reactive ketones (excluding diaryl/α,β-unsaturated/α-hetero) is 2. The Kier molecular flexibility index (Phi) is 4.90. The molecule has 1 aromatic rings. The molecule has 0 atom stereocenters. The molecule has 0 saturated carbocycles. The average molecular weight is 384 g/mol. The first-order chi connectivity index (χ1) is 12.9. The number of phenolic OH excluding ortho intramolecular Hbond substituents is 1. The van der Waals surface area contributed by atoms with Gasteiger partial charge in [-0.2, -0.15) is 0 Å². The van der Waals surface area contributed by atoms with Crippen molar-refractivity contribution < 1.29 is 24.9 Å². The average Bonchev–Trinajstić information content (AvgIpc) is 2.49. The standard InChI is InChI=1S/C23H28O5/c1-22(2)9-15(25)20(16(26)10-22)19(13-6-5-7-14(24)8-13)21-17(27)11-23(3,4)12-18(21)28/h5-8,19,24-25,27H,9-12H2,1-4H3. The molecule has 2 aliphatic carbocycles. The minimum atomic E-state index is -0.890. The summed E-state index contributed by atoms with van der Waals surface area (Å²) in [7, 11) is 0. The summed E-state index contributed by atoms with van der Waals surface area (Å²) in [6.45, 7) is 7.64. The lowest BCUT2D eigenvalue weighted by Gasteiger charge is -2.36. The first-order valence-electron chi connectivity index (χ1n) is 9.59. The summed E-state index contributed by atoms with van der Waals surface area (Å²) in [4.78, 5) is 26.0. The maximum absolute atomic E-state index is 13.0. The van der Waals surface area contributed by atoms with Gasteiger partial charge in [-0.05, 0) is 28.5 Å². The van der Waals surface area contributed by atoms with Crippen LogP contribution in [-0.4, -0.2) is 26.9 Å². The van der Waals surface area contributed by atoms with E-state index in [0.717, 1.165) is 0 Å². The van der Waals surface area contributed by atoms with Gasteiger partial charge in [-0.3, -0.25) is 9.59 Å². The lowest BCUT2D eigenvalue weighted by Crippen LogP contribution is -2.33. The molecular formula is C23H28O5. The lowest BCUT2D eigenvalue weighted by atomic mass is 9.67. The monoisotopic (exact) mass is 384 g/mol. The molecule has 0 amide bonds. The Hall–Kier alpha value is -2.56. The number of aliphatic hydroxyl groups excluding tert-OH is 2. The molecule has 0 bridgehead atoms. The molecule has 0 aliphatic heterocycles. The van der Waals surface area contributed by atoms with Gasteiger partial charge in [0.1, 0.15) is 17.3 Å². The highest BCUT2D eigenvalue weighted by Gasteiger charge is 2.43. The van der Waals surface area contributed by atoms with E-state index in [1.54, 1.807) is 12.1 Å². The van der Waals surface area contributed by atoms with Gasteiger partial charge in [0.25, 0.3) is 0 Å². The third-order valence-electron chi connectivity index (χ3n) is 5.57. The summed E-state index contributed by atoms with van der Waals surface area (Å²) in [5, 5.41) is 31.5. The molecule has 0 radical (unpaired) electrons. The van der Waals surface area contributed by atoms with Crippen LogP contribution in [0.3, 0.4) is 0 Å². The van der Waals surface area contributed by atoms with Gasteiger partial charge in [0.2, 0.25) is 0 Å². The number of aromatic hydroxyl groups is 1. The summed E-state index contributed by atoms with van der Waals surface area (Å²) in [6, 6.07) is 6.30. The van der Waals surface area contributed by atoms with E-state index in [4.69, 9.17) is 0 Å².